The number of hydrogen-bond donors (Lipinski definition) is 1. The van der Waals surface area contributed by atoms with Crippen molar-refractivity contribution in [1.29, 1.82) is 0 Å². The Morgan fingerprint density at radius 2 is 1.77 bits per heavy atom. The van der Waals surface area contributed by atoms with Crippen molar-refractivity contribution < 1.29 is 22.9 Å². The van der Waals surface area contributed by atoms with Crippen LogP contribution in [-0.2, 0) is 31.0 Å². The Kier molecular flexibility index (Phi) is 7.45. The molecule has 30 heavy (non-hydrogen) atoms. The van der Waals surface area contributed by atoms with Gasteiger partial charge in [-0.25, -0.2) is 0 Å². The fourth-order valence-electron chi connectivity index (χ4n) is 2.87. The van der Waals surface area contributed by atoms with Crippen LogP contribution in [0.15, 0.2) is 59.3 Å². The van der Waals surface area contributed by atoms with Gasteiger partial charge in [-0.05, 0) is 48.4 Å². The maximum atomic E-state index is 12.3. The Morgan fingerprint density at radius 1 is 1.10 bits per heavy atom. The van der Waals surface area contributed by atoms with E-state index in [2.05, 4.69) is 10.5 Å². The second-order valence-electron chi connectivity index (χ2n) is 6.57. The van der Waals surface area contributed by atoms with Crippen LogP contribution in [0.25, 0.3) is 11.3 Å². The zero-order valence-electron chi connectivity index (χ0n) is 16.6. The molecule has 0 aliphatic heterocycles. The van der Waals surface area contributed by atoms with E-state index >= 15 is 0 Å². The first-order valence-corrected chi connectivity index (χ1v) is 11.3. The summed E-state index contributed by atoms with van der Waals surface area (Å²) in [5.41, 5.74) is 3.14. The smallest absolute Gasteiger partial charge is 0.334 e. The van der Waals surface area contributed by atoms with E-state index in [1.165, 1.54) is 14.2 Å². The highest BCUT2D eigenvalue weighted by Crippen LogP contribution is 2.49. The van der Waals surface area contributed by atoms with Crippen molar-refractivity contribution in [3.05, 3.63) is 70.9 Å². The normalized spacial score (nSPS) is 11.4. The Labute approximate surface area is 179 Å². The molecule has 1 heterocycles. The third-order valence-electron chi connectivity index (χ3n) is 4.54. The van der Waals surface area contributed by atoms with Gasteiger partial charge in [-0.3, -0.25) is 9.36 Å². The van der Waals surface area contributed by atoms with Crippen molar-refractivity contribution in [3.63, 3.8) is 0 Å². The predicted octanol–water partition coefficient (Wildman–Crippen LogP) is 5.55. The fraction of sp³-hybridized carbons (Fsp3) is 0.238. The van der Waals surface area contributed by atoms with Gasteiger partial charge in [-0.1, -0.05) is 28.9 Å². The van der Waals surface area contributed by atoms with E-state index in [1.54, 1.807) is 42.6 Å². The minimum Gasteiger partial charge on any atom is -0.356 e. The summed E-state index contributed by atoms with van der Waals surface area (Å²) in [4.78, 5) is 12.3. The largest absolute Gasteiger partial charge is 0.356 e. The highest BCUT2D eigenvalue weighted by Gasteiger charge is 2.21. The molecule has 3 rings (SSSR count). The van der Waals surface area contributed by atoms with Crippen LogP contribution in [0.2, 0.25) is 5.02 Å². The lowest BCUT2D eigenvalue weighted by molar-refractivity contribution is -0.116. The topological polar surface area (TPSA) is 90.7 Å². The second-order valence-corrected chi connectivity index (χ2v) is 9.27. The van der Waals surface area contributed by atoms with Gasteiger partial charge < -0.3 is 18.9 Å². The Hall–Kier alpha value is -2.44. The summed E-state index contributed by atoms with van der Waals surface area (Å²) in [6, 6.07) is 14.3. The predicted molar refractivity (Wildman–Crippen MR) is 116 cm³/mol. The van der Waals surface area contributed by atoms with Crippen molar-refractivity contribution >= 4 is 30.8 Å². The van der Waals surface area contributed by atoms with Crippen molar-refractivity contribution in [2.75, 3.05) is 19.5 Å². The van der Waals surface area contributed by atoms with Gasteiger partial charge in [0.05, 0.1) is 12.4 Å². The average Bonchev–Trinajstić information content (AvgIpc) is 3.23. The van der Waals surface area contributed by atoms with E-state index in [4.69, 9.17) is 25.2 Å². The molecule has 2 aromatic carbocycles. The number of halogens is 1. The average molecular weight is 449 g/mol. The van der Waals surface area contributed by atoms with Gasteiger partial charge in [-0.15, -0.1) is 0 Å². The zero-order chi connectivity index (χ0) is 21.6. The molecule has 9 heteroatoms. The number of anilines is 1. The summed E-state index contributed by atoms with van der Waals surface area (Å²) in [7, 11) is -0.419. The Bertz CT molecular complexity index is 1030. The van der Waals surface area contributed by atoms with Gasteiger partial charge >= 0.3 is 7.60 Å². The molecule has 0 aliphatic carbocycles. The number of nitrogens with zero attached hydrogens (tertiary/aromatic N) is 1. The van der Waals surface area contributed by atoms with Gasteiger partial charge in [-0.2, -0.15) is 0 Å². The van der Waals surface area contributed by atoms with Gasteiger partial charge in [0.2, 0.25) is 5.91 Å². The van der Waals surface area contributed by atoms with Crippen LogP contribution < -0.4 is 5.32 Å². The maximum Gasteiger partial charge on any atom is 0.334 e. The molecule has 1 aromatic heterocycles. The number of nitrogens with one attached hydrogen (secondary N) is 1. The minimum atomic E-state index is -3.13. The van der Waals surface area contributed by atoms with Gasteiger partial charge in [0, 0.05) is 42.5 Å². The first kappa shape index (κ1) is 22.2. The van der Waals surface area contributed by atoms with Crippen LogP contribution in [0, 0.1) is 0 Å². The molecule has 0 saturated heterocycles. The molecule has 7 nitrogen and oxygen atoms in total. The van der Waals surface area contributed by atoms with Gasteiger partial charge in [0.15, 0.2) is 5.76 Å². The lowest BCUT2D eigenvalue weighted by atomic mass is 10.1. The third kappa shape index (κ3) is 5.80. The van der Waals surface area contributed by atoms with Crippen molar-refractivity contribution in [2.45, 2.75) is 19.0 Å². The molecule has 0 aliphatic rings. The molecule has 0 fully saturated rings. The monoisotopic (exact) mass is 448 g/mol. The maximum absolute atomic E-state index is 12.3. The highest BCUT2D eigenvalue weighted by molar-refractivity contribution is 7.52. The first-order chi connectivity index (χ1) is 14.4. The Morgan fingerprint density at radius 3 is 2.40 bits per heavy atom. The molecule has 0 unspecified atom stereocenters. The molecule has 0 radical (unpaired) electrons. The lowest BCUT2D eigenvalue weighted by Crippen LogP contribution is -2.12. The van der Waals surface area contributed by atoms with E-state index in [1.807, 2.05) is 12.1 Å². The molecule has 1 N–H and O–H groups in total. The summed E-state index contributed by atoms with van der Waals surface area (Å²) in [5.74, 6) is 0.495. The molecular weight excluding hydrogens is 427 g/mol. The van der Waals surface area contributed by atoms with Crippen molar-refractivity contribution in [1.82, 2.24) is 5.16 Å². The number of benzene rings is 2. The number of carbonyl (C=O) groups excluding carboxylic acids is 1. The number of hydrogen-bond acceptors (Lipinski definition) is 6. The molecule has 0 bridgehead atoms. The summed E-state index contributed by atoms with van der Waals surface area (Å²) in [6.45, 7) is 0. The van der Waals surface area contributed by atoms with E-state index < -0.39 is 7.60 Å². The second kappa shape index (κ2) is 10.0. The third-order valence-corrected chi connectivity index (χ3v) is 6.66. The van der Waals surface area contributed by atoms with Gasteiger partial charge in [0.25, 0.3) is 0 Å². The number of aromatic nitrogens is 1. The molecule has 0 atom stereocenters. The van der Waals surface area contributed by atoms with Gasteiger partial charge in [0.1, 0.15) is 0 Å². The SMILES string of the molecule is COP(=O)(Cc1ccc(NC(=O)CCc2cnoc2-c2ccc(Cl)cc2)cc1)OC. The fourth-order valence-corrected chi connectivity index (χ4v) is 4.06. The minimum absolute atomic E-state index is 0.134. The van der Waals surface area contributed by atoms with Crippen LogP contribution in [0.5, 0.6) is 0 Å². The summed E-state index contributed by atoms with van der Waals surface area (Å²) in [6.07, 6.45) is 2.54. The molecule has 3 aromatic rings. The standard InChI is InChI=1S/C21H22ClN2O5P/c1-27-30(26,28-2)14-15-3-10-19(11-4-15)24-20(25)12-7-17-13-23-29-21(17)16-5-8-18(22)9-6-16/h3-6,8-11,13H,7,12,14H2,1-2H3,(H,24,25). The van der Waals surface area contributed by atoms with Crippen molar-refractivity contribution in [3.8, 4) is 11.3 Å². The van der Waals surface area contributed by atoms with E-state index in [0.717, 1.165) is 16.7 Å². The van der Waals surface area contributed by atoms with Crippen LogP contribution in [0.1, 0.15) is 17.5 Å². The molecule has 1 amide bonds. The van der Waals surface area contributed by atoms with E-state index in [9.17, 15) is 9.36 Å². The van der Waals surface area contributed by atoms with Crippen LogP contribution in [0.4, 0.5) is 5.69 Å². The number of aryl methyl sites for hydroxylation is 1. The quantitative estimate of drug-likeness (QED) is 0.431. The highest BCUT2D eigenvalue weighted by atomic mass is 35.5. The summed E-state index contributed by atoms with van der Waals surface area (Å²) in [5, 5.41) is 7.34. The molecular formula is C21H22ClN2O5P. The molecule has 158 valence electrons. The van der Waals surface area contributed by atoms with Crippen molar-refractivity contribution in [2.24, 2.45) is 0 Å². The van der Waals surface area contributed by atoms with Crippen LogP contribution in [-0.4, -0.2) is 25.3 Å². The zero-order valence-corrected chi connectivity index (χ0v) is 18.3. The number of rotatable bonds is 9. The summed E-state index contributed by atoms with van der Waals surface area (Å²) < 4.78 is 27.4. The van der Waals surface area contributed by atoms with Crippen LogP contribution in [0.3, 0.4) is 0 Å². The summed E-state index contributed by atoms with van der Waals surface area (Å²) >= 11 is 5.92. The first-order valence-electron chi connectivity index (χ1n) is 9.21. The van der Waals surface area contributed by atoms with Crippen LogP contribution >= 0.6 is 19.2 Å². The Balaban J connectivity index is 1.56. The molecule has 0 spiro atoms. The number of carbonyl (C=O) groups is 1. The van der Waals surface area contributed by atoms with E-state index in [0.29, 0.717) is 22.9 Å². The lowest BCUT2D eigenvalue weighted by Gasteiger charge is -2.13. The van der Waals surface area contributed by atoms with E-state index in [-0.39, 0.29) is 18.5 Å². The number of amides is 1. The molecule has 0 saturated carbocycles.